The van der Waals surface area contributed by atoms with Gasteiger partial charge in [-0.15, -0.1) is 0 Å². The van der Waals surface area contributed by atoms with Crippen LogP contribution in [0.5, 0.6) is 0 Å². The van der Waals surface area contributed by atoms with Gasteiger partial charge in [0.05, 0.1) is 0 Å². The Morgan fingerprint density at radius 2 is 2.20 bits per heavy atom. The monoisotopic (exact) mass is 349 g/mol. The molecule has 0 saturated heterocycles. The van der Waals surface area contributed by atoms with Gasteiger partial charge in [0, 0.05) is 33.8 Å². The minimum absolute atomic E-state index is 0.710. The maximum atomic E-state index is 4.46. The molecule has 1 aliphatic rings. The molecule has 1 N–H and O–H groups in total. The first kappa shape index (κ1) is 14.0. The molecule has 1 heterocycles. The van der Waals surface area contributed by atoms with E-state index in [2.05, 4.69) is 49.4 Å². The third-order valence-corrected chi connectivity index (χ3v) is 4.65. The Morgan fingerprint density at radius 1 is 1.35 bits per heavy atom. The number of nitrogens with one attached hydrogen (secondary N) is 1. The summed E-state index contributed by atoms with van der Waals surface area (Å²) in [5, 5.41) is 4.37. The Hall–Kier alpha value is -0.910. The molecule has 1 saturated carbocycles. The van der Waals surface area contributed by atoms with E-state index in [1.165, 1.54) is 23.3 Å². The lowest BCUT2D eigenvalue weighted by atomic mass is 10.2. The van der Waals surface area contributed by atoms with Crippen LogP contribution in [0.4, 0.5) is 0 Å². The van der Waals surface area contributed by atoms with Crippen molar-refractivity contribution in [1.29, 1.82) is 0 Å². The molecule has 0 unspecified atom stereocenters. The quantitative estimate of drug-likeness (QED) is 0.829. The van der Waals surface area contributed by atoms with E-state index in [9.17, 15) is 0 Å². The summed E-state index contributed by atoms with van der Waals surface area (Å²) in [6.07, 6.45) is 4.42. The third-order valence-electron chi connectivity index (χ3n) is 3.16. The number of nitrogens with zero attached hydrogens (tertiary/aromatic N) is 2. The predicted octanol–water partition coefficient (Wildman–Crippen LogP) is 3.95. The Balaban J connectivity index is 1.79. The van der Waals surface area contributed by atoms with Crippen LogP contribution in [-0.2, 0) is 6.54 Å². The summed E-state index contributed by atoms with van der Waals surface area (Å²) in [7, 11) is 0. The minimum atomic E-state index is 0.710. The van der Waals surface area contributed by atoms with Crippen LogP contribution in [0.25, 0.3) is 0 Å². The number of rotatable bonds is 5. The van der Waals surface area contributed by atoms with Crippen LogP contribution >= 0.6 is 27.7 Å². The van der Waals surface area contributed by atoms with E-state index in [1.54, 1.807) is 11.8 Å². The van der Waals surface area contributed by atoms with E-state index >= 15 is 0 Å². The molecule has 5 heteroatoms. The van der Waals surface area contributed by atoms with Gasteiger partial charge in [0.15, 0.2) is 5.16 Å². The second-order valence-electron chi connectivity index (χ2n) is 4.99. The molecule has 104 valence electrons. The highest BCUT2D eigenvalue weighted by Gasteiger charge is 2.20. The van der Waals surface area contributed by atoms with Gasteiger partial charge < -0.3 is 5.32 Å². The average molecular weight is 350 g/mol. The van der Waals surface area contributed by atoms with Crippen LogP contribution in [0.1, 0.15) is 24.1 Å². The Morgan fingerprint density at radius 3 is 2.95 bits per heavy atom. The standard InChI is InChI=1S/C15H16BrN3S/c1-10-6-7-17-15(19-10)20-14-5-2-12(16)8-11(14)9-18-13-3-4-13/h2,5-8,13,18H,3-4,9H2,1H3. The fraction of sp³-hybridized carbons (Fsp3) is 0.333. The SMILES string of the molecule is Cc1ccnc(Sc2ccc(Br)cc2CNC2CC2)n1. The molecule has 0 atom stereocenters. The molecule has 2 aromatic rings. The molecule has 0 spiro atoms. The first-order valence-electron chi connectivity index (χ1n) is 6.70. The van der Waals surface area contributed by atoms with Gasteiger partial charge in [-0.25, -0.2) is 9.97 Å². The largest absolute Gasteiger partial charge is 0.310 e. The Bertz CT molecular complexity index is 614. The average Bonchev–Trinajstić information content (AvgIpc) is 3.23. The Kier molecular flexibility index (Phi) is 4.38. The molecule has 1 fully saturated rings. The highest BCUT2D eigenvalue weighted by Crippen LogP contribution is 2.31. The fourth-order valence-corrected chi connectivity index (χ4v) is 3.21. The molecule has 0 radical (unpaired) electrons. The van der Waals surface area contributed by atoms with Crippen molar-refractivity contribution in [3.05, 3.63) is 46.2 Å². The summed E-state index contributed by atoms with van der Waals surface area (Å²) in [6, 6.07) is 9.00. The Labute approximate surface area is 131 Å². The van der Waals surface area contributed by atoms with Crippen molar-refractivity contribution in [3.63, 3.8) is 0 Å². The predicted molar refractivity (Wildman–Crippen MR) is 84.9 cm³/mol. The third kappa shape index (κ3) is 3.81. The molecule has 3 nitrogen and oxygen atoms in total. The van der Waals surface area contributed by atoms with Crippen molar-refractivity contribution >= 4 is 27.7 Å². The van der Waals surface area contributed by atoms with Gasteiger partial charge in [-0.3, -0.25) is 0 Å². The molecule has 1 aliphatic carbocycles. The highest BCUT2D eigenvalue weighted by atomic mass is 79.9. The lowest BCUT2D eigenvalue weighted by molar-refractivity contribution is 0.680. The van der Waals surface area contributed by atoms with E-state index in [4.69, 9.17) is 0 Å². The van der Waals surface area contributed by atoms with E-state index < -0.39 is 0 Å². The number of hydrogen-bond acceptors (Lipinski definition) is 4. The maximum absolute atomic E-state index is 4.46. The minimum Gasteiger partial charge on any atom is -0.310 e. The number of hydrogen-bond donors (Lipinski definition) is 1. The van der Waals surface area contributed by atoms with Gasteiger partial charge >= 0.3 is 0 Å². The van der Waals surface area contributed by atoms with E-state index in [-0.39, 0.29) is 0 Å². The lowest BCUT2D eigenvalue weighted by Crippen LogP contribution is -2.15. The first-order chi connectivity index (χ1) is 9.70. The highest BCUT2D eigenvalue weighted by molar-refractivity contribution is 9.10. The second kappa shape index (κ2) is 6.24. The van der Waals surface area contributed by atoms with Crippen LogP contribution in [0.15, 0.2) is 45.0 Å². The second-order valence-corrected chi connectivity index (χ2v) is 6.91. The molecule has 0 aliphatic heterocycles. The zero-order valence-electron chi connectivity index (χ0n) is 11.3. The van der Waals surface area contributed by atoms with Crippen LogP contribution < -0.4 is 5.32 Å². The van der Waals surface area contributed by atoms with Crippen LogP contribution in [0, 0.1) is 6.92 Å². The number of benzene rings is 1. The van der Waals surface area contributed by atoms with Gasteiger partial charge in [0.25, 0.3) is 0 Å². The van der Waals surface area contributed by atoms with Crippen molar-refractivity contribution < 1.29 is 0 Å². The first-order valence-corrected chi connectivity index (χ1v) is 8.31. The maximum Gasteiger partial charge on any atom is 0.192 e. The molecular weight excluding hydrogens is 334 g/mol. The summed E-state index contributed by atoms with van der Waals surface area (Å²) in [4.78, 5) is 10.00. The number of halogens is 1. The molecule has 0 bridgehead atoms. The van der Waals surface area contributed by atoms with Gasteiger partial charge in [-0.05, 0) is 61.4 Å². The number of aromatic nitrogens is 2. The lowest BCUT2D eigenvalue weighted by Gasteiger charge is -2.10. The van der Waals surface area contributed by atoms with Crippen LogP contribution in [-0.4, -0.2) is 16.0 Å². The summed E-state index contributed by atoms with van der Waals surface area (Å²) in [5.74, 6) is 0. The van der Waals surface area contributed by atoms with Gasteiger partial charge in [-0.2, -0.15) is 0 Å². The summed E-state index contributed by atoms with van der Waals surface area (Å²) >= 11 is 5.17. The number of aryl methyl sites for hydroxylation is 1. The summed E-state index contributed by atoms with van der Waals surface area (Å²) in [6.45, 7) is 2.89. The van der Waals surface area contributed by atoms with E-state index in [1.807, 2.05) is 19.2 Å². The summed E-state index contributed by atoms with van der Waals surface area (Å²) < 4.78 is 1.11. The van der Waals surface area contributed by atoms with Crippen LogP contribution in [0.3, 0.4) is 0 Å². The molecule has 0 amide bonds. The van der Waals surface area contributed by atoms with Crippen molar-refractivity contribution in [2.24, 2.45) is 0 Å². The summed E-state index contributed by atoms with van der Waals surface area (Å²) in [5.41, 5.74) is 2.29. The smallest absolute Gasteiger partial charge is 0.192 e. The van der Waals surface area contributed by atoms with E-state index in [0.717, 1.165) is 21.9 Å². The topological polar surface area (TPSA) is 37.8 Å². The van der Waals surface area contributed by atoms with Crippen molar-refractivity contribution in [2.75, 3.05) is 0 Å². The van der Waals surface area contributed by atoms with Crippen molar-refractivity contribution in [1.82, 2.24) is 15.3 Å². The fourth-order valence-electron chi connectivity index (χ4n) is 1.90. The van der Waals surface area contributed by atoms with Crippen molar-refractivity contribution in [3.8, 4) is 0 Å². The van der Waals surface area contributed by atoms with Crippen molar-refractivity contribution in [2.45, 2.75) is 42.4 Å². The van der Waals surface area contributed by atoms with Crippen LogP contribution in [0.2, 0.25) is 0 Å². The molecule has 1 aromatic heterocycles. The van der Waals surface area contributed by atoms with Gasteiger partial charge in [0.1, 0.15) is 0 Å². The zero-order chi connectivity index (χ0) is 13.9. The van der Waals surface area contributed by atoms with E-state index in [0.29, 0.717) is 6.04 Å². The zero-order valence-corrected chi connectivity index (χ0v) is 13.7. The van der Waals surface area contributed by atoms with Gasteiger partial charge in [0.2, 0.25) is 0 Å². The molecular formula is C15H16BrN3S. The normalized spacial score (nSPS) is 14.5. The molecule has 3 rings (SSSR count). The van der Waals surface area contributed by atoms with Gasteiger partial charge in [-0.1, -0.05) is 15.9 Å². The molecule has 20 heavy (non-hydrogen) atoms. The molecule has 1 aromatic carbocycles.